The second kappa shape index (κ2) is 5.50. The summed E-state index contributed by atoms with van der Waals surface area (Å²) in [5.41, 5.74) is 2.63. The van der Waals surface area contributed by atoms with Gasteiger partial charge < -0.3 is 0 Å². The Morgan fingerprint density at radius 3 is 2.21 bits per heavy atom. The lowest BCUT2D eigenvalue weighted by Crippen LogP contribution is -2.13. The number of hydrogen-bond donors (Lipinski definition) is 1. The average Bonchev–Trinajstić information content (AvgIpc) is 2.33. The van der Waals surface area contributed by atoms with Gasteiger partial charge in [0, 0.05) is 3.57 Å². The van der Waals surface area contributed by atoms with Crippen molar-refractivity contribution in [2.24, 2.45) is 0 Å². The van der Waals surface area contributed by atoms with Crippen LogP contribution in [0.5, 0.6) is 0 Å². The first kappa shape index (κ1) is 14.3. The molecule has 0 aliphatic rings. The number of sulfonamides is 1. The molecule has 0 aromatic heterocycles. The first-order valence-electron chi connectivity index (χ1n) is 5.74. The summed E-state index contributed by atoms with van der Waals surface area (Å²) < 4.78 is 28.1. The van der Waals surface area contributed by atoms with Crippen LogP contribution >= 0.6 is 22.6 Å². The number of rotatable bonds is 3. The Balaban J connectivity index is 2.33. The Morgan fingerprint density at radius 1 is 1.00 bits per heavy atom. The molecule has 0 aliphatic carbocycles. The van der Waals surface area contributed by atoms with Gasteiger partial charge in [-0.25, -0.2) is 8.42 Å². The highest BCUT2D eigenvalue weighted by Gasteiger charge is 2.14. The van der Waals surface area contributed by atoms with Gasteiger partial charge in [0.05, 0.1) is 10.6 Å². The molecule has 0 bridgehead atoms. The smallest absolute Gasteiger partial charge is 0.261 e. The molecule has 2 rings (SSSR count). The summed E-state index contributed by atoms with van der Waals surface area (Å²) in [7, 11) is -3.52. The van der Waals surface area contributed by atoms with Crippen LogP contribution in [0.2, 0.25) is 0 Å². The van der Waals surface area contributed by atoms with Gasteiger partial charge in [-0.2, -0.15) is 0 Å². The van der Waals surface area contributed by atoms with E-state index in [-0.39, 0.29) is 4.90 Å². The Hall–Kier alpha value is -1.08. The molecule has 0 saturated heterocycles. The molecule has 2 aromatic carbocycles. The Morgan fingerprint density at radius 2 is 1.63 bits per heavy atom. The van der Waals surface area contributed by atoms with E-state index in [1.807, 2.05) is 26.0 Å². The van der Waals surface area contributed by atoms with Crippen LogP contribution in [0, 0.1) is 17.4 Å². The van der Waals surface area contributed by atoms with Crippen LogP contribution in [0.1, 0.15) is 11.1 Å². The molecule has 1 N–H and O–H groups in total. The highest BCUT2D eigenvalue weighted by molar-refractivity contribution is 14.1. The van der Waals surface area contributed by atoms with Gasteiger partial charge in [-0.05, 0) is 72.3 Å². The largest absolute Gasteiger partial charge is 0.279 e. The van der Waals surface area contributed by atoms with E-state index in [0.29, 0.717) is 5.69 Å². The third kappa shape index (κ3) is 3.48. The molecule has 3 nitrogen and oxygen atoms in total. The van der Waals surface area contributed by atoms with E-state index in [0.717, 1.165) is 14.7 Å². The fourth-order valence-electron chi connectivity index (χ4n) is 1.75. The minimum absolute atomic E-state index is 0.271. The number of nitrogens with one attached hydrogen (secondary N) is 1. The fourth-order valence-corrected chi connectivity index (χ4v) is 3.24. The summed E-state index contributed by atoms with van der Waals surface area (Å²) in [4.78, 5) is 0.271. The van der Waals surface area contributed by atoms with Crippen LogP contribution in [0.25, 0.3) is 0 Å². The minimum Gasteiger partial charge on any atom is -0.279 e. The van der Waals surface area contributed by atoms with Gasteiger partial charge in [-0.3, -0.25) is 4.72 Å². The van der Waals surface area contributed by atoms with E-state index in [4.69, 9.17) is 0 Å². The molecule has 0 aliphatic heterocycles. The van der Waals surface area contributed by atoms with Gasteiger partial charge in [-0.15, -0.1) is 0 Å². The monoisotopic (exact) mass is 387 g/mol. The van der Waals surface area contributed by atoms with Crippen LogP contribution in [-0.4, -0.2) is 8.42 Å². The number of benzene rings is 2. The highest BCUT2D eigenvalue weighted by atomic mass is 127. The van der Waals surface area contributed by atoms with E-state index in [2.05, 4.69) is 27.3 Å². The van der Waals surface area contributed by atoms with Crippen molar-refractivity contribution in [1.82, 2.24) is 0 Å². The van der Waals surface area contributed by atoms with Crippen LogP contribution in [0.4, 0.5) is 5.69 Å². The van der Waals surface area contributed by atoms with E-state index in [1.165, 1.54) is 0 Å². The van der Waals surface area contributed by atoms with Crippen LogP contribution < -0.4 is 4.72 Å². The summed E-state index contributed by atoms with van der Waals surface area (Å²) in [5.74, 6) is 0. The standard InChI is InChI=1S/C14H14INO2S/c1-10-3-8-14(11(2)9-10)16-19(17,18)13-6-4-12(15)5-7-13/h3-9,16H,1-2H3. The van der Waals surface area contributed by atoms with E-state index in [9.17, 15) is 8.42 Å². The summed E-state index contributed by atoms with van der Waals surface area (Å²) in [6, 6.07) is 12.4. The van der Waals surface area contributed by atoms with E-state index >= 15 is 0 Å². The maximum absolute atomic E-state index is 12.2. The summed E-state index contributed by atoms with van der Waals surface area (Å²) >= 11 is 2.14. The zero-order valence-electron chi connectivity index (χ0n) is 10.6. The quantitative estimate of drug-likeness (QED) is 0.817. The van der Waals surface area contributed by atoms with Crippen molar-refractivity contribution in [2.75, 3.05) is 4.72 Å². The van der Waals surface area contributed by atoms with Gasteiger partial charge in [-0.1, -0.05) is 17.7 Å². The third-order valence-corrected chi connectivity index (χ3v) is 4.85. The molecule has 100 valence electrons. The first-order chi connectivity index (χ1) is 8.88. The van der Waals surface area contributed by atoms with Crippen molar-refractivity contribution in [1.29, 1.82) is 0 Å². The normalized spacial score (nSPS) is 11.3. The molecule has 0 amide bonds. The zero-order valence-corrected chi connectivity index (χ0v) is 13.6. The highest BCUT2D eigenvalue weighted by Crippen LogP contribution is 2.21. The molecule has 0 atom stereocenters. The Bertz CT molecular complexity index is 694. The van der Waals surface area contributed by atoms with Gasteiger partial charge in [0.25, 0.3) is 10.0 Å². The van der Waals surface area contributed by atoms with Crippen molar-refractivity contribution in [3.05, 3.63) is 57.2 Å². The maximum Gasteiger partial charge on any atom is 0.261 e. The number of halogens is 1. The Labute approximate surface area is 127 Å². The average molecular weight is 387 g/mol. The maximum atomic E-state index is 12.2. The predicted octanol–water partition coefficient (Wildman–Crippen LogP) is 3.71. The second-order valence-electron chi connectivity index (χ2n) is 4.38. The second-order valence-corrected chi connectivity index (χ2v) is 7.31. The van der Waals surface area contributed by atoms with Crippen LogP contribution in [0.15, 0.2) is 47.4 Å². The van der Waals surface area contributed by atoms with Crippen LogP contribution in [-0.2, 0) is 10.0 Å². The molecule has 5 heteroatoms. The summed E-state index contributed by atoms with van der Waals surface area (Å²) in [6.45, 7) is 3.86. The van der Waals surface area contributed by atoms with Crippen molar-refractivity contribution >= 4 is 38.3 Å². The molecule has 0 heterocycles. The van der Waals surface area contributed by atoms with Crippen molar-refractivity contribution < 1.29 is 8.42 Å². The molecule has 0 unspecified atom stereocenters. The minimum atomic E-state index is -3.52. The first-order valence-corrected chi connectivity index (χ1v) is 8.30. The molecule has 0 fully saturated rings. The van der Waals surface area contributed by atoms with Crippen molar-refractivity contribution in [3.63, 3.8) is 0 Å². The molecule has 19 heavy (non-hydrogen) atoms. The van der Waals surface area contributed by atoms with Gasteiger partial charge in [0.1, 0.15) is 0 Å². The molecule has 0 radical (unpaired) electrons. The Kier molecular flexibility index (Phi) is 4.15. The number of anilines is 1. The van der Waals surface area contributed by atoms with Crippen molar-refractivity contribution in [2.45, 2.75) is 18.7 Å². The number of hydrogen-bond acceptors (Lipinski definition) is 2. The van der Waals surface area contributed by atoms with Gasteiger partial charge in [0.2, 0.25) is 0 Å². The lowest BCUT2D eigenvalue weighted by atomic mass is 10.1. The molecule has 0 saturated carbocycles. The lowest BCUT2D eigenvalue weighted by molar-refractivity contribution is 0.601. The number of aryl methyl sites for hydroxylation is 2. The topological polar surface area (TPSA) is 46.2 Å². The predicted molar refractivity (Wildman–Crippen MR) is 85.9 cm³/mol. The molecule has 0 spiro atoms. The molecular weight excluding hydrogens is 373 g/mol. The van der Waals surface area contributed by atoms with E-state index in [1.54, 1.807) is 30.3 Å². The SMILES string of the molecule is Cc1ccc(NS(=O)(=O)c2ccc(I)cc2)c(C)c1. The fraction of sp³-hybridized carbons (Fsp3) is 0.143. The molecular formula is C14H14INO2S. The third-order valence-electron chi connectivity index (χ3n) is 2.75. The molecule has 2 aromatic rings. The van der Waals surface area contributed by atoms with Crippen molar-refractivity contribution in [3.8, 4) is 0 Å². The van der Waals surface area contributed by atoms with Crippen LogP contribution in [0.3, 0.4) is 0 Å². The lowest BCUT2D eigenvalue weighted by Gasteiger charge is -2.11. The summed E-state index contributed by atoms with van der Waals surface area (Å²) in [5, 5.41) is 0. The van der Waals surface area contributed by atoms with Gasteiger partial charge in [0.15, 0.2) is 0 Å². The zero-order chi connectivity index (χ0) is 14.0. The van der Waals surface area contributed by atoms with Gasteiger partial charge >= 0.3 is 0 Å². The van der Waals surface area contributed by atoms with E-state index < -0.39 is 10.0 Å². The summed E-state index contributed by atoms with van der Waals surface area (Å²) in [6.07, 6.45) is 0.